The maximum atomic E-state index is 10.1. The highest BCUT2D eigenvalue weighted by molar-refractivity contribution is 5.67. The molecular weight excluding hydrogens is 256 g/mol. The van der Waals surface area contributed by atoms with Crippen molar-refractivity contribution in [3.05, 3.63) is 59.7 Å². The van der Waals surface area contributed by atoms with E-state index >= 15 is 0 Å². The molecule has 20 heavy (non-hydrogen) atoms. The third-order valence-corrected chi connectivity index (χ3v) is 3.22. The summed E-state index contributed by atoms with van der Waals surface area (Å²) in [6.07, 6.45) is 0.812. The largest absolute Gasteiger partial charge is 0.508 e. The fourth-order valence-electron chi connectivity index (χ4n) is 2.16. The molecular formula is C16H14O4. The third kappa shape index (κ3) is 2.21. The fourth-order valence-corrected chi connectivity index (χ4v) is 2.16. The molecule has 0 saturated carbocycles. The molecule has 0 radical (unpaired) electrons. The topological polar surface area (TPSA) is 58.9 Å². The Morgan fingerprint density at radius 1 is 1.10 bits per heavy atom. The Morgan fingerprint density at radius 2 is 1.85 bits per heavy atom. The van der Waals surface area contributed by atoms with Crippen molar-refractivity contribution in [1.29, 1.82) is 0 Å². The van der Waals surface area contributed by atoms with Gasteiger partial charge < -0.3 is 19.7 Å². The minimum Gasteiger partial charge on any atom is -0.508 e. The lowest BCUT2D eigenvalue weighted by Gasteiger charge is -2.22. The van der Waals surface area contributed by atoms with Gasteiger partial charge in [0.1, 0.15) is 29.1 Å². The summed E-state index contributed by atoms with van der Waals surface area (Å²) >= 11 is 0. The van der Waals surface area contributed by atoms with Crippen LogP contribution in [0.15, 0.2) is 48.5 Å². The zero-order valence-corrected chi connectivity index (χ0v) is 10.9. The molecule has 1 atom stereocenters. The van der Waals surface area contributed by atoms with Gasteiger partial charge in [0.05, 0.1) is 7.11 Å². The van der Waals surface area contributed by atoms with E-state index in [0.717, 1.165) is 11.3 Å². The predicted octanol–water partition coefficient (Wildman–Crippen LogP) is 2.87. The van der Waals surface area contributed by atoms with E-state index in [1.165, 1.54) is 12.1 Å². The van der Waals surface area contributed by atoms with Crippen LogP contribution in [0.4, 0.5) is 0 Å². The molecule has 0 bridgehead atoms. The maximum Gasteiger partial charge on any atom is 0.133 e. The van der Waals surface area contributed by atoms with Gasteiger partial charge in [-0.25, -0.2) is 0 Å². The van der Waals surface area contributed by atoms with Gasteiger partial charge in [-0.05, 0) is 48.5 Å². The van der Waals surface area contributed by atoms with Crippen molar-refractivity contribution in [2.45, 2.75) is 6.10 Å². The molecule has 0 amide bonds. The van der Waals surface area contributed by atoms with Gasteiger partial charge in [-0.1, -0.05) is 0 Å². The summed E-state index contributed by atoms with van der Waals surface area (Å²) in [5.74, 6) is 1.99. The monoisotopic (exact) mass is 270 g/mol. The number of aliphatic hydroxyl groups is 1. The Morgan fingerprint density at radius 3 is 2.55 bits per heavy atom. The lowest BCUT2D eigenvalue weighted by molar-refractivity contribution is 0.216. The number of phenolic OH excluding ortho intramolecular Hbond substituents is 1. The van der Waals surface area contributed by atoms with Crippen molar-refractivity contribution in [2.75, 3.05) is 7.11 Å². The summed E-state index contributed by atoms with van der Waals surface area (Å²) in [5.41, 5.74) is 1.41. The molecule has 102 valence electrons. The van der Waals surface area contributed by atoms with Crippen LogP contribution in [0.1, 0.15) is 17.2 Å². The Kier molecular flexibility index (Phi) is 3.08. The fraction of sp³-hybridized carbons (Fsp3) is 0.125. The number of hydrogen-bond acceptors (Lipinski definition) is 4. The number of phenols is 1. The molecule has 2 aromatic carbocycles. The van der Waals surface area contributed by atoms with E-state index in [9.17, 15) is 10.2 Å². The lowest BCUT2D eigenvalue weighted by atomic mass is 10.0. The number of hydrogen-bond donors (Lipinski definition) is 2. The second kappa shape index (κ2) is 4.90. The first-order valence-electron chi connectivity index (χ1n) is 6.22. The van der Waals surface area contributed by atoms with Gasteiger partial charge in [-0.3, -0.25) is 0 Å². The second-order valence-electron chi connectivity index (χ2n) is 4.53. The highest BCUT2D eigenvalue weighted by atomic mass is 16.5. The van der Waals surface area contributed by atoms with E-state index in [0.29, 0.717) is 17.1 Å². The van der Waals surface area contributed by atoms with Crippen LogP contribution in [0.25, 0.3) is 5.76 Å². The number of fused-ring (bicyclic) bond motifs is 1. The third-order valence-electron chi connectivity index (χ3n) is 3.22. The zero-order chi connectivity index (χ0) is 14.1. The van der Waals surface area contributed by atoms with E-state index < -0.39 is 6.10 Å². The summed E-state index contributed by atoms with van der Waals surface area (Å²) in [5, 5.41) is 19.6. The summed E-state index contributed by atoms with van der Waals surface area (Å²) in [7, 11) is 1.61. The smallest absolute Gasteiger partial charge is 0.133 e. The number of benzene rings is 2. The van der Waals surface area contributed by atoms with Gasteiger partial charge in [0, 0.05) is 11.1 Å². The maximum absolute atomic E-state index is 10.1. The number of aromatic hydroxyl groups is 1. The molecule has 2 N–H and O–H groups in total. The van der Waals surface area contributed by atoms with Crippen molar-refractivity contribution >= 4 is 5.76 Å². The van der Waals surface area contributed by atoms with Crippen LogP contribution in [0.3, 0.4) is 0 Å². The van der Waals surface area contributed by atoms with Crippen LogP contribution < -0.4 is 9.47 Å². The van der Waals surface area contributed by atoms with Crippen molar-refractivity contribution < 1.29 is 19.7 Å². The second-order valence-corrected chi connectivity index (χ2v) is 4.53. The predicted molar refractivity (Wildman–Crippen MR) is 74.7 cm³/mol. The van der Waals surface area contributed by atoms with Crippen LogP contribution >= 0.6 is 0 Å². The zero-order valence-electron chi connectivity index (χ0n) is 10.9. The Labute approximate surface area is 116 Å². The normalized spacial score (nSPS) is 16.9. The number of rotatable bonds is 2. The summed E-state index contributed by atoms with van der Waals surface area (Å²) in [6, 6.07) is 12.1. The van der Waals surface area contributed by atoms with Gasteiger partial charge in [-0.2, -0.15) is 0 Å². The van der Waals surface area contributed by atoms with Gasteiger partial charge in [0.25, 0.3) is 0 Å². The minimum absolute atomic E-state index is 0.104. The van der Waals surface area contributed by atoms with Crippen LogP contribution in [-0.4, -0.2) is 17.3 Å². The molecule has 4 nitrogen and oxygen atoms in total. The van der Waals surface area contributed by atoms with Gasteiger partial charge in [0.2, 0.25) is 0 Å². The van der Waals surface area contributed by atoms with Crippen LogP contribution in [-0.2, 0) is 0 Å². The van der Waals surface area contributed by atoms with Crippen molar-refractivity contribution in [3.8, 4) is 17.2 Å². The minimum atomic E-state index is -0.803. The van der Waals surface area contributed by atoms with E-state index in [2.05, 4.69) is 0 Å². The van der Waals surface area contributed by atoms with Gasteiger partial charge in [0.15, 0.2) is 0 Å². The molecule has 0 aliphatic carbocycles. The molecule has 0 fully saturated rings. The Bertz CT molecular complexity index is 659. The quantitative estimate of drug-likeness (QED) is 0.881. The molecule has 1 heterocycles. The standard InChI is InChI=1S/C16H14O4/c1-19-12-5-2-10(3-6-12)16-9-14(18)13-8-11(17)4-7-15(13)20-16/h2-9,14,17-18H,1H3. The molecule has 1 unspecified atom stereocenters. The van der Waals surface area contributed by atoms with Crippen molar-refractivity contribution in [1.82, 2.24) is 0 Å². The highest BCUT2D eigenvalue weighted by Crippen LogP contribution is 2.38. The summed E-state index contributed by atoms with van der Waals surface area (Å²) < 4.78 is 10.9. The molecule has 0 aromatic heterocycles. The average molecular weight is 270 g/mol. The molecule has 1 aliphatic heterocycles. The Hall–Kier alpha value is -2.46. The molecule has 0 spiro atoms. The van der Waals surface area contributed by atoms with Crippen molar-refractivity contribution in [3.63, 3.8) is 0 Å². The first kappa shape index (κ1) is 12.6. The van der Waals surface area contributed by atoms with Crippen molar-refractivity contribution in [2.24, 2.45) is 0 Å². The molecule has 3 rings (SSSR count). The number of ether oxygens (including phenoxy) is 2. The van der Waals surface area contributed by atoms with Crippen LogP contribution in [0.2, 0.25) is 0 Å². The van der Waals surface area contributed by atoms with Gasteiger partial charge >= 0.3 is 0 Å². The average Bonchev–Trinajstić information content (AvgIpc) is 2.48. The summed E-state index contributed by atoms with van der Waals surface area (Å²) in [6.45, 7) is 0. The van der Waals surface area contributed by atoms with E-state index in [1.807, 2.05) is 24.3 Å². The highest BCUT2D eigenvalue weighted by Gasteiger charge is 2.21. The van der Waals surface area contributed by atoms with E-state index in [1.54, 1.807) is 19.3 Å². The van der Waals surface area contributed by atoms with E-state index in [-0.39, 0.29) is 5.75 Å². The van der Waals surface area contributed by atoms with Crippen LogP contribution in [0, 0.1) is 0 Å². The molecule has 4 heteroatoms. The molecule has 2 aromatic rings. The number of methoxy groups -OCH3 is 1. The molecule has 1 aliphatic rings. The molecule has 0 saturated heterocycles. The Balaban J connectivity index is 1.95. The lowest BCUT2D eigenvalue weighted by Crippen LogP contribution is -2.08. The van der Waals surface area contributed by atoms with E-state index in [4.69, 9.17) is 9.47 Å². The first-order valence-corrected chi connectivity index (χ1v) is 6.22. The SMILES string of the molecule is COc1ccc(C2=CC(O)c3cc(O)ccc3O2)cc1. The van der Waals surface area contributed by atoms with Crippen LogP contribution in [0.5, 0.6) is 17.2 Å². The van der Waals surface area contributed by atoms with Gasteiger partial charge in [-0.15, -0.1) is 0 Å². The number of aliphatic hydroxyl groups excluding tert-OH is 1. The summed E-state index contributed by atoms with van der Waals surface area (Å²) in [4.78, 5) is 0. The first-order chi connectivity index (χ1) is 9.67.